The summed E-state index contributed by atoms with van der Waals surface area (Å²) in [4.78, 5) is 53.8. The number of hydrogen-bond acceptors (Lipinski definition) is 6. The molecule has 34 heavy (non-hydrogen) atoms. The fourth-order valence-corrected chi connectivity index (χ4v) is 3.15. The van der Waals surface area contributed by atoms with Crippen LogP contribution in [-0.2, 0) is 19.2 Å². The monoisotopic (exact) mass is 485 g/mol. The molecule has 0 radical (unpaired) electrons. The van der Waals surface area contributed by atoms with Gasteiger partial charge in [-0.2, -0.15) is 0 Å². The van der Waals surface area contributed by atoms with Gasteiger partial charge >= 0.3 is 5.97 Å². The van der Waals surface area contributed by atoms with E-state index in [0.29, 0.717) is 25.8 Å². The summed E-state index contributed by atoms with van der Waals surface area (Å²) < 4.78 is 0. The van der Waals surface area contributed by atoms with Gasteiger partial charge in [0.05, 0.1) is 6.04 Å². The average Bonchev–Trinajstić information content (AvgIpc) is 2.74. The molecule has 0 saturated carbocycles. The molecule has 196 valence electrons. The third-order valence-corrected chi connectivity index (χ3v) is 5.57. The summed E-state index contributed by atoms with van der Waals surface area (Å²) in [5.41, 5.74) is 16.5. The number of amides is 3. The zero-order chi connectivity index (χ0) is 26.6. The SMILES string of the molecule is CCC(C)C(NC(=O)C(N)CCCN=C(N)N)C(=O)NC(C(=O)NC(C(=O)O)C(C)C)C(C)C. The van der Waals surface area contributed by atoms with Gasteiger partial charge in [-0.1, -0.05) is 48.0 Å². The molecule has 12 heteroatoms. The van der Waals surface area contributed by atoms with Gasteiger partial charge in [0.2, 0.25) is 17.7 Å². The molecule has 0 aromatic heterocycles. The summed E-state index contributed by atoms with van der Waals surface area (Å²) in [5.74, 6) is -3.75. The number of carboxylic acid groups (broad SMARTS) is 1. The number of nitrogens with one attached hydrogen (secondary N) is 3. The van der Waals surface area contributed by atoms with E-state index >= 15 is 0 Å². The first-order valence-electron chi connectivity index (χ1n) is 11.7. The van der Waals surface area contributed by atoms with Crippen molar-refractivity contribution < 1.29 is 24.3 Å². The van der Waals surface area contributed by atoms with Crippen LogP contribution in [0.3, 0.4) is 0 Å². The number of carbonyl (C=O) groups excluding carboxylic acids is 3. The van der Waals surface area contributed by atoms with Crippen molar-refractivity contribution in [2.75, 3.05) is 6.54 Å². The lowest BCUT2D eigenvalue weighted by molar-refractivity contribution is -0.144. The van der Waals surface area contributed by atoms with E-state index in [-0.39, 0.29) is 23.7 Å². The molecule has 0 aliphatic carbocycles. The van der Waals surface area contributed by atoms with Crippen molar-refractivity contribution in [2.45, 2.75) is 85.0 Å². The Bertz CT molecular complexity index is 722. The van der Waals surface area contributed by atoms with Crippen LogP contribution in [0.2, 0.25) is 0 Å². The highest BCUT2D eigenvalue weighted by Gasteiger charge is 2.34. The van der Waals surface area contributed by atoms with Crippen LogP contribution in [0.5, 0.6) is 0 Å². The third-order valence-electron chi connectivity index (χ3n) is 5.57. The van der Waals surface area contributed by atoms with Crippen LogP contribution in [0.1, 0.15) is 60.8 Å². The van der Waals surface area contributed by atoms with Crippen LogP contribution in [0.25, 0.3) is 0 Å². The third kappa shape index (κ3) is 10.8. The number of hydrogen-bond donors (Lipinski definition) is 7. The van der Waals surface area contributed by atoms with Gasteiger partial charge in [-0.3, -0.25) is 19.4 Å². The predicted octanol–water partition coefficient (Wildman–Crippen LogP) is -0.736. The lowest BCUT2D eigenvalue weighted by Crippen LogP contribution is -2.60. The maximum Gasteiger partial charge on any atom is 0.326 e. The van der Waals surface area contributed by atoms with Gasteiger partial charge < -0.3 is 38.3 Å². The Hall–Kier alpha value is -2.89. The number of carbonyl (C=O) groups is 4. The predicted molar refractivity (Wildman–Crippen MR) is 130 cm³/mol. The molecule has 0 aromatic rings. The fraction of sp³-hybridized carbons (Fsp3) is 0.773. The van der Waals surface area contributed by atoms with Crippen LogP contribution < -0.4 is 33.2 Å². The topological polar surface area (TPSA) is 215 Å². The Morgan fingerprint density at radius 3 is 1.74 bits per heavy atom. The number of rotatable bonds is 15. The first-order chi connectivity index (χ1) is 15.7. The summed E-state index contributed by atoms with van der Waals surface area (Å²) in [6.45, 7) is 10.8. The number of aliphatic carboxylic acids is 1. The molecule has 0 fully saturated rings. The Labute approximate surface area is 201 Å². The highest BCUT2D eigenvalue weighted by Crippen LogP contribution is 2.12. The van der Waals surface area contributed by atoms with Crippen LogP contribution in [0, 0.1) is 17.8 Å². The van der Waals surface area contributed by atoms with Crippen molar-refractivity contribution in [3.63, 3.8) is 0 Å². The molecule has 0 rings (SSSR count). The molecule has 0 bridgehead atoms. The van der Waals surface area contributed by atoms with Gasteiger partial charge in [-0.25, -0.2) is 4.79 Å². The van der Waals surface area contributed by atoms with E-state index in [4.69, 9.17) is 17.2 Å². The molecule has 0 saturated heterocycles. The molecule has 0 spiro atoms. The van der Waals surface area contributed by atoms with Crippen molar-refractivity contribution in [1.29, 1.82) is 0 Å². The van der Waals surface area contributed by atoms with E-state index in [1.54, 1.807) is 34.6 Å². The normalized spacial score (nSPS) is 15.6. The van der Waals surface area contributed by atoms with Crippen LogP contribution >= 0.6 is 0 Å². The van der Waals surface area contributed by atoms with Gasteiger partial charge in [-0.15, -0.1) is 0 Å². The second kappa shape index (κ2) is 15.1. The summed E-state index contributed by atoms with van der Waals surface area (Å²) in [6, 6.07) is -3.85. The highest BCUT2D eigenvalue weighted by atomic mass is 16.4. The van der Waals surface area contributed by atoms with Crippen LogP contribution in [-0.4, -0.2) is 65.5 Å². The molecule has 5 atom stereocenters. The van der Waals surface area contributed by atoms with Gasteiger partial charge in [0, 0.05) is 6.54 Å². The Kier molecular flexibility index (Phi) is 13.8. The van der Waals surface area contributed by atoms with Crippen molar-refractivity contribution in [3.05, 3.63) is 0 Å². The number of nitrogens with two attached hydrogens (primary N) is 3. The van der Waals surface area contributed by atoms with Gasteiger partial charge in [0.25, 0.3) is 0 Å². The standard InChI is InChI=1S/C22H43N7O5/c1-7-13(6)17(29-18(30)14(23)9-8-10-26-22(24)25)20(32)27-15(11(2)3)19(31)28-16(12(4)5)21(33)34/h11-17H,7-10,23H2,1-6H3,(H,27,32)(H,28,31)(H,29,30)(H,33,34)(H4,24,25,26). The molecule has 0 aliphatic heterocycles. The highest BCUT2D eigenvalue weighted by molar-refractivity contribution is 5.94. The van der Waals surface area contributed by atoms with E-state index in [1.807, 2.05) is 6.92 Å². The van der Waals surface area contributed by atoms with E-state index in [1.165, 1.54) is 0 Å². The van der Waals surface area contributed by atoms with E-state index < -0.39 is 47.9 Å². The number of guanidine groups is 1. The van der Waals surface area contributed by atoms with Crippen molar-refractivity contribution >= 4 is 29.7 Å². The minimum Gasteiger partial charge on any atom is -0.480 e. The molecule has 0 aromatic carbocycles. The molecular weight excluding hydrogens is 442 g/mol. The van der Waals surface area contributed by atoms with Crippen LogP contribution in [0.4, 0.5) is 0 Å². The molecule has 10 N–H and O–H groups in total. The van der Waals surface area contributed by atoms with Crippen molar-refractivity contribution in [1.82, 2.24) is 16.0 Å². The summed E-state index contributed by atoms with van der Waals surface area (Å²) in [5, 5.41) is 17.2. The molecule has 3 amide bonds. The van der Waals surface area contributed by atoms with Gasteiger partial charge in [0.15, 0.2) is 5.96 Å². The lowest BCUT2D eigenvalue weighted by Gasteiger charge is -2.29. The van der Waals surface area contributed by atoms with Crippen LogP contribution in [0.15, 0.2) is 4.99 Å². The first kappa shape index (κ1) is 31.1. The second-order valence-corrected chi connectivity index (χ2v) is 9.23. The molecule has 5 unspecified atom stereocenters. The molecule has 12 nitrogen and oxygen atoms in total. The molecular formula is C22H43N7O5. The van der Waals surface area contributed by atoms with Gasteiger partial charge in [0.1, 0.15) is 18.1 Å². The maximum absolute atomic E-state index is 13.1. The number of aliphatic imine (C=N–C) groups is 1. The summed E-state index contributed by atoms with van der Waals surface area (Å²) >= 11 is 0. The minimum atomic E-state index is -1.16. The van der Waals surface area contributed by atoms with E-state index in [9.17, 15) is 24.3 Å². The smallest absolute Gasteiger partial charge is 0.326 e. The van der Waals surface area contributed by atoms with E-state index in [2.05, 4.69) is 20.9 Å². The quantitative estimate of drug-likeness (QED) is 0.0888. The van der Waals surface area contributed by atoms with Gasteiger partial charge in [-0.05, 0) is 30.6 Å². The molecule has 0 aliphatic rings. The Morgan fingerprint density at radius 1 is 0.824 bits per heavy atom. The number of nitrogens with zero attached hydrogens (tertiary/aromatic N) is 1. The zero-order valence-electron chi connectivity index (χ0n) is 21.1. The summed E-state index contributed by atoms with van der Waals surface area (Å²) in [7, 11) is 0. The summed E-state index contributed by atoms with van der Waals surface area (Å²) in [6.07, 6.45) is 1.40. The molecule has 0 heterocycles. The first-order valence-corrected chi connectivity index (χ1v) is 11.7. The fourth-order valence-electron chi connectivity index (χ4n) is 3.15. The van der Waals surface area contributed by atoms with Crippen molar-refractivity contribution in [2.24, 2.45) is 39.9 Å². The minimum absolute atomic E-state index is 0.0432. The zero-order valence-corrected chi connectivity index (χ0v) is 21.1. The largest absolute Gasteiger partial charge is 0.480 e. The Balaban J connectivity index is 5.36. The second-order valence-electron chi connectivity index (χ2n) is 9.23. The average molecular weight is 486 g/mol. The number of carboxylic acids is 1. The maximum atomic E-state index is 13.1. The van der Waals surface area contributed by atoms with E-state index in [0.717, 1.165) is 0 Å². The Morgan fingerprint density at radius 2 is 1.29 bits per heavy atom. The lowest BCUT2D eigenvalue weighted by atomic mass is 9.95. The van der Waals surface area contributed by atoms with Crippen molar-refractivity contribution in [3.8, 4) is 0 Å².